The molecule has 108 valence electrons. The first-order valence-electron chi connectivity index (χ1n) is 5.93. The van der Waals surface area contributed by atoms with E-state index < -0.39 is 9.84 Å². The molecule has 0 aliphatic rings. The van der Waals surface area contributed by atoms with Gasteiger partial charge in [-0.05, 0) is 29.8 Å². The first kappa shape index (κ1) is 14.2. The van der Waals surface area contributed by atoms with Crippen molar-refractivity contribution < 1.29 is 8.42 Å². The molecule has 0 atom stereocenters. The Morgan fingerprint density at radius 3 is 2.86 bits per heavy atom. The van der Waals surface area contributed by atoms with Crippen molar-refractivity contribution in [1.29, 1.82) is 0 Å². The van der Waals surface area contributed by atoms with Gasteiger partial charge in [0.2, 0.25) is 14.2 Å². The number of benzene rings is 1. The molecular weight excluding hydrogens is 330 g/mol. The van der Waals surface area contributed by atoms with Gasteiger partial charge in [0.05, 0.1) is 21.0 Å². The van der Waals surface area contributed by atoms with E-state index in [1.807, 2.05) is 0 Å². The number of pyridine rings is 1. The van der Waals surface area contributed by atoms with Crippen LogP contribution in [0.1, 0.15) is 5.56 Å². The zero-order valence-electron chi connectivity index (χ0n) is 10.7. The largest absolute Gasteiger partial charge is 0.399 e. The molecule has 0 saturated heterocycles. The third kappa shape index (κ3) is 2.85. The quantitative estimate of drug-likeness (QED) is 0.741. The van der Waals surface area contributed by atoms with E-state index in [4.69, 9.17) is 17.3 Å². The van der Waals surface area contributed by atoms with Gasteiger partial charge in [0.25, 0.3) is 0 Å². The van der Waals surface area contributed by atoms with Crippen molar-refractivity contribution in [1.82, 2.24) is 9.97 Å². The summed E-state index contributed by atoms with van der Waals surface area (Å²) in [5, 5.41) is 0.325. The van der Waals surface area contributed by atoms with E-state index in [0.717, 1.165) is 16.0 Å². The van der Waals surface area contributed by atoms with Gasteiger partial charge in [0.15, 0.2) is 0 Å². The van der Waals surface area contributed by atoms with Crippen molar-refractivity contribution in [3.8, 4) is 0 Å². The fourth-order valence-electron chi connectivity index (χ4n) is 1.84. The Hall–Kier alpha value is -1.70. The predicted octanol–water partition coefficient (Wildman–Crippen LogP) is 2.90. The van der Waals surface area contributed by atoms with Crippen molar-refractivity contribution >= 4 is 48.7 Å². The minimum atomic E-state index is -3.56. The van der Waals surface area contributed by atoms with Crippen molar-refractivity contribution in [2.75, 3.05) is 5.73 Å². The van der Waals surface area contributed by atoms with Gasteiger partial charge in [-0.15, -0.1) is 11.3 Å². The number of nitrogens with zero attached hydrogens (tertiary/aromatic N) is 2. The molecular formula is C13H10ClN3O2S2. The van der Waals surface area contributed by atoms with Crippen molar-refractivity contribution in [2.45, 2.75) is 10.1 Å². The minimum Gasteiger partial charge on any atom is -0.399 e. The Kier molecular flexibility index (Phi) is 3.56. The Morgan fingerprint density at radius 1 is 1.29 bits per heavy atom. The summed E-state index contributed by atoms with van der Waals surface area (Å²) in [4.78, 5) is 8.01. The monoisotopic (exact) mass is 339 g/mol. The molecule has 0 aliphatic heterocycles. The molecule has 0 radical (unpaired) electrons. The Labute approximate surface area is 130 Å². The fourth-order valence-corrected chi connectivity index (χ4v) is 4.83. The summed E-state index contributed by atoms with van der Waals surface area (Å²) < 4.78 is 25.7. The van der Waals surface area contributed by atoms with Crippen LogP contribution in [0.4, 0.5) is 5.69 Å². The third-order valence-corrected chi connectivity index (χ3v) is 6.34. The maximum absolute atomic E-state index is 12.4. The topological polar surface area (TPSA) is 85.9 Å². The van der Waals surface area contributed by atoms with E-state index in [2.05, 4.69) is 9.97 Å². The number of halogens is 1. The van der Waals surface area contributed by atoms with Crippen LogP contribution >= 0.6 is 22.9 Å². The average Bonchev–Trinajstić information content (AvgIpc) is 2.85. The summed E-state index contributed by atoms with van der Waals surface area (Å²) in [5.74, 6) is -0.205. The highest BCUT2D eigenvalue weighted by molar-refractivity contribution is 7.92. The zero-order chi connectivity index (χ0) is 15.0. The van der Waals surface area contributed by atoms with Gasteiger partial charge in [-0.25, -0.2) is 13.4 Å². The van der Waals surface area contributed by atoms with Gasteiger partial charge in [-0.2, -0.15) is 0 Å². The summed E-state index contributed by atoms with van der Waals surface area (Å²) in [6, 6.07) is 6.70. The summed E-state index contributed by atoms with van der Waals surface area (Å²) in [7, 11) is -3.56. The number of hydrogen-bond acceptors (Lipinski definition) is 6. The second-order valence-electron chi connectivity index (χ2n) is 4.43. The number of anilines is 1. The second-order valence-corrected chi connectivity index (χ2v) is 8.03. The smallest absolute Gasteiger partial charge is 0.210 e. The molecule has 0 bridgehead atoms. The summed E-state index contributed by atoms with van der Waals surface area (Å²) >= 11 is 7.06. The van der Waals surface area contributed by atoms with Crippen LogP contribution in [-0.4, -0.2) is 18.4 Å². The number of rotatable bonds is 3. The summed E-state index contributed by atoms with van der Waals surface area (Å²) in [6.07, 6.45) is 2.93. The van der Waals surface area contributed by atoms with Crippen molar-refractivity contribution in [2.24, 2.45) is 0 Å². The Balaban J connectivity index is 2.02. The number of aromatic nitrogens is 2. The lowest BCUT2D eigenvalue weighted by atomic mass is 10.3. The van der Waals surface area contributed by atoms with Crippen molar-refractivity contribution in [3.05, 3.63) is 47.2 Å². The van der Waals surface area contributed by atoms with Crippen LogP contribution in [0.3, 0.4) is 0 Å². The average molecular weight is 340 g/mol. The molecule has 3 aromatic rings. The number of nitrogens with two attached hydrogens (primary N) is 1. The molecule has 0 saturated carbocycles. The SMILES string of the molecule is Nc1ccc2nc(S(=O)(=O)Cc3ccncc3Cl)sc2c1. The summed E-state index contributed by atoms with van der Waals surface area (Å²) in [5.41, 5.74) is 7.39. The van der Waals surface area contributed by atoms with Crippen LogP contribution < -0.4 is 5.73 Å². The van der Waals surface area contributed by atoms with Crippen LogP contribution in [0.5, 0.6) is 0 Å². The van der Waals surface area contributed by atoms with E-state index in [0.29, 0.717) is 21.8 Å². The number of nitrogen functional groups attached to an aromatic ring is 1. The number of sulfone groups is 1. The predicted molar refractivity (Wildman–Crippen MR) is 84.2 cm³/mol. The van der Waals surface area contributed by atoms with Crippen LogP contribution in [0.2, 0.25) is 5.02 Å². The molecule has 2 aromatic heterocycles. The Bertz CT molecular complexity index is 922. The molecule has 1 aromatic carbocycles. The van der Waals surface area contributed by atoms with E-state index in [1.54, 1.807) is 24.3 Å². The van der Waals surface area contributed by atoms with E-state index in [9.17, 15) is 8.42 Å². The molecule has 0 amide bonds. The molecule has 8 heteroatoms. The number of hydrogen-bond donors (Lipinski definition) is 1. The van der Waals surface area contributed by atoms with Gasteiger partial charge in [0, 0.05) is 18.1 Å². The van der Waals surface area contributed by atoms with Gasteiger partial charge >= 0.3 is 0 Å². The highest BCUT2D eigenvalue weighted by atomic mass is 35.5. The van der Waals surface area contributed by atoms with Crippen molar-refractivity contribution in [3.63, 3.8) is 0 Å². The van der Waals surface area contributed by atoms with Crippen LogP contribution in [0, 0.1) is 0 Å². The molecule has 0 aliphatic carbocycles. The molecule has 0 fully saturated rings. The second kappa shape index (κ2) is 5.25. The minimum absolute atomic E-state index is 0.0657. The van der Waals surface area contributed by atoms with Crippen LogP contribution in [0.15, 0.2) is 41.0 Å². The lowest BCUT2D eigenvalue weighted by Crippen LogP contribution is -2.05. The lowest BCUT2D eigenvalue weighted by molar-refractivity contribution is 0.594. The van der Waals surface area contributed by atoms with Gasteiger partial charge in [-0.3, -0.25) is 4.98 Å². The maximum Gasteiger partial charge on any atom is 0.210 e. The fraction of sp³-hybridized carbons (Fsp3) is 0.0769. The van der Waals surface area contributed by atoms with Crippen LogP contribution in [-0.2, 0) is 15.6 Å². The molecule has 5 nitrogen and oxygen atoms in total. The van der Waals surface area contributed by atoms with E-state index in [-0.39, 0.29) is 10.1 Å². The molecule has 2 N–H and O–H groups in total. The van der Waals surface area contributed by atoms with Gasteiger partial charge in [0.1, 0.15) is 0 Å². The molecule has 0 spiro atoms. The maximum atomic E-state index is 12.4. The molecule has 3 rings (SSSR count). The lowest BCUT2D eigenvalue weighted by Gasteiger charge is -2.02. The van der Waals surface area contributed by atoms with Gasteiger partial charge in [-0.1, -0.05) is 11.6 Å². The van der Waals surface area contributed by atoms with E-state index in [1.165, 1.54) is 12.4 Å². The summed E-state index contributed by atoms with van der Waals surface area (Å²) in [6.45, 7) is 0. The number of thiazole rings is 1. The molecule has 0 unspecified atom stereocenters. The van der Waals surface area contributed by atoms with E-state index >= 15 is 0 Å². The molecule has 21 heavy (non-hydrogen) atoms. The van der Waals surface area contributed by atoms with Gasteiger partial charge < -0.3 is 5.73 Å². The standard InChI is InChI=1S/C13H10ClN3O2S2/c14-10-6-16-4-3-8(10)7-21(18,19)13-17-11-2-1-9(15)5-12(11)20-13/h1-6H,7,15H2. The number of fused-ring (bicyclic) bond motifs is 1. The zero-order valence-corrected chi connectivity index (χ0v) is 13.0. The highest BCUT2D eigenvalue weighted by Crippen LogP contribution is 2.29. The highest BCUT2D eigenvalue weighted by Gasteiger charge is 2.21. The van der Waals surface area contributed by atoms with Crippen LogP contribution in [0.25, 0.3) is 10.2 Å². The normalized spacial score (nSPS) is 11.9. The third-order valence-electron chi connectivity index (χ3n) is 2.86. The first-order valence-corrected chi connectivity index (χ1v) is 8.77. The molecule has 2 heterocycles. The Morgan fingerprint density at radius 2 is 2.10 bits per heavy atom. The first-order chi connectivity index (χ1) is 9.95.